The summed E-state index contributed by atoms with van der Waals surface area (Å²) >= 11 is 0. The second kappa shape index (κ2) is 8.39. The zero-order valence-corrected chi connectivity index (χ0v) is 16.6. The number of carbonyl (C=O) groups is 2. The van der Waals surface area contributed by atoms with Gasteiger partial charge in [-0.05, 0) is 30.2 Å². The zero-order chi connectivity index (χ0) is 20.2. The largest absolute Gasteiger partial charge is 0.497 e. The molecule has 1 aromatic heterocycles. The molecule has 0 aliphatic carbocycles. The molecule has 2 heterocycles. The molecule has 1 saturated heterocycles. The van der Waals surface area contributed by atoms with Crippen molar-refractivity contribution < 1.29 is 14.3 Å². The Morgan fingerprint density at radius 1 is 0.966 bits per heavy atom. The van der Waals surface area contributed by atoms with Crippen molar-refractivity contribution in [2.45, 2.75) is 12.8 Å². The van der Waals surface area contributed by atoms with Crippen LogP contribution in [0.3, 0.4) is 0 Å². The number of nitrogens with zero attached hydrogens (tertiary/aromatic N) is 2. The van der Waals surface area contributed by atoms with Gasteiger partial charge in [-0.3, -0.25) is 9.59 Å². The van der Waals surface area contributed by atoms with E-state index in [1.807, 2.05) is 58.3 Å². The van der Waals surface area contributed by atoms with Crippen molar-refractivity contribution in [3.8, 4) is 5.75 Å². The van der Waals surface area contributed by atoms with Crippen LogP contribution in [0.15, 0.2) is 54.7 Å². The van der Waals surface area contributed by atoms with Crippen LogP contribution in [0, 0.1) is 0 Å². The molecule has 2 aromatic carbocycles. The van der Waals surface area contributed by atoms with Crippen molar-refractivity contribution in [1.29, 1.82) is 0 Å². The van der Waals surface area contributed by atoms with Crippen LogP contribution >= 0.6 is 0 Å². The van der Waals surface area contributed by atoms with Gasteiger partial charge >= 0.3 is 0 Å². The summed E-state index contributed by atoms with van der Waals surface area (Å²) in [5.41, 5.74) is 2.77. The molecule has 0 atom stereocenters. The lowest BCUT2D eigenvalue weighted by molar-refractivity contribution is -0.132. The van der Waals surface area contributed by atoms with Gasteiger partial charge in [0.25, 0.3) is 5.91 Å². The average Bonchev–Trinajstić information content (AvgIpc) is 3.21. The highest BCUT2D eigenvalue weighted by molar-refractivity contribution is 6.06. The lowest BCUT2D eigenvalue weighted by Crippen LogP contribution is -2.50. The summed E-state index contributed by atoms with van der Waals surface area (Å²) in [7, 11) is 1.64. The summed E-state index contributed by atoms with van der Waals surface area (Å²) in [5, 5.41) is 0.940. The van der Waals surface area contributed by atoms with E-state index < -0.39 is 0 Å². The monoisotopic (exact) mass is 391 g/mol. The van der Waals surface area contributed by atoms with Crippen molar-refractivity contribution in [3.05, 3.63) is 65.9 Å². The van der Waals surface area contributed by atoms with Gasteiger partial charge in [-0.2, -0.15) is 0 Å². The maximum absolute atomic E-state index is 12.9. The van der Waals surface area contributed by atoms with E-state index in [-0.39, 0.29) is 11.8 Å². The van der Waals surface area contributed by atoms with Gasteiger partial charge in [0.15, 0.2) is 0 Å². The molecule has 6 heteroatoms. The van der Waals surface area contributed by atoms with Gasteiger partial charge in [-0.1, -0.05) is 30.3 Å². The highest BCUT2D eigenvalue weighted by Crippen LogP contribution is 2.20. The van der Waals surface area contributed by atoms with Crippen molar-refractivity contribution in [2.24, 2.45) is 0 Å². The lowest BCUT2D eigenvalue weighted by atomic mass is 10.1. The number of amides is 2. The number of H-pyrrole nitrogens is 1. The Morgan fingerprint density at radius 2 is 1.66 bits per heavy atom. The molecule has 0 radical (unpaired) electrons. The third kappa shape index (κ3) is 4.11. The van der Waals surface area contributed by atoms with Gasteiger partial charge in [-0.25, -0.2) is 0 Å². The van der Waals surface area contributed by atoms with Gasteiger partial charge in [-0.15, -0.1) is 0 Å². The molecule has 0 saturated carbocycles. The number of aromatic nitrogens is 1. The minimum atomic E-state index is 0.0211. The van der Waals surface area contributed by atoms with Crippen LogP contribution in [0.25, 0.3) is 10.9 Å². The number of rotatable bonds is 5. The molecule has 3 aromatic rings. The smallest absolute Gasteiger partial charge is 0.256 e. The van der Waals surface area contributed by atoms with Gasteiger partial charge in [0.2, 0.25) is 5.91 Å². The number of methoxy groups -OCH3 is 1. The molecule has 0 spiro atoms. The van der Waals surface area contributed by atoms with Crippen LogP contribution < -0.4 is 4.74 Å². The van der Waals surface area contributed by atoms with E-state index >= 15 is 0 Å². The van der Waals surface area contributed by atoms with Crippen LogP contribution in [0.2, 0.25) is 0 Å². The first-order chi connectivity index (χ1) is 14.2. The molecule has 29 heavy (non-hydrogen) atoms. The highest BCUT2D eigenvalue weighted by Gasteiger charge is 2.26. The van der Waals surface area contributed by atoms with E-state index in [1.165, 1.54) is 0 Å². The zero-order valence-electron chi connectivity index (χ0n) is 16.6. The SMILES string of the molecule is COc1ccc(CCC(=O)N2CCN(C(=O)c3c[nH]c4ccccc34)CC2)cc1. The van der Waals surface area contributed by atoms with Crippen LogP contribution in [-0.4, -0.2) is 59.9 Å². The Kier molecular flexibility index (Phi) is 5.51. The van der Waals surface area contributed by atoms with Gasteiger partial charge in [0, 0.05) is 49.7 Å². The summed E-state index contributed by atoms with van der Waals surface area (Å²) in [4.78, 5) is 32.3. The summed E-state index contributed by atoms with van der Waals surface area (Å²) in [6, 6.07) is 15.6. The van der Waals surface area contributed by atoms with Crippen molar-refractivity contribution >= 4 is 22.7 Å². The molecule has 150 valence electrons. The normalized spacial score (nSPS) is 14.2. The number of fused-ring (bicyclic) bond motifs is 1. The fourth-order valence-electron chi connectivity index (χ4n) is 3.78. The fourth-order valence-corrected chi connectivity index (χ4v) is 3.78. The molecule has 6 nitrogen and oxygen atoms in total. The molecule has 1 N–H and O–H groups in total. The number of benzene rings is 2. The van der Waals surface area contributed by atoms with E-state index in [1.54, 1.807) is 13.3 Å². The molecular formula is C23H25N3O3. The van der Waals surface area contributed by atoms with E-state index in [2.05, 4.69) is 4.98 Å². The lowest BCUT2D eigenvalue weighted by Gasteiger charge is -2.34. The second-order valence-electron chi connectivity index (χ2n) is 7.27. The predicted octanol–water partition coefficient (Wildman–Crippen LogP) is 3.09. The van der Waals surface area contributed by atoms with Crippen LogP contribution in [-0.2, 0) is 11.2 Å². The van der Waals surface area contributed by atoms with Crippen molar-refractivity contribution in [3.63, 3.8) is 0 Å². The second-order valence-corrected chi connectivity index (χ2v) is 7.27. The quantitative estimate of drug-likeness (QED) is 0.727. The number of ether oxygens (including phenoxy) is 1. The number of hydrogen-bond acceptors (Lipinski definition) is 3. The van der Waals surface area contributed by atoms with Crippen LogP contribution in [0.1, 0.15) is 22.3 Å². The molecular weight excluding hydrogens is 366 g/mol. The summed E-state index contributed by atoms with van der Waals surface area (Å²) < 4.78 is 5.16. The number of piperazine rings is 1. The predicted molar refractivity (Wildman–Crippen MR) is 112 cm³/mol. The molecule has 0 unspecified atom stereocenters. The maximum atomic E-state index is 12.9. The number of nitrogens with one attached hydrogen (secondary N) is 1. The van der Waals surface area contributed by atoms with E-state index in [0.29, 0.717) is 44.6 Å². The molecule has 0 bridgehead atoms. The number of para-hydroxylation sites is 1. The number of hydrogen-bond donors (Lipinski definition) is 1. The van der Waals surface area contributed by atoms with Crippen LogP contribution in [0.4, 0.5) is 0 Å². The van der Waals surface area contributed by atoms with E-state index in [0.717, 1.165) is 22.2 Å². The minimum Gasteiger partial charge on any atom is -0.497 e. The standard InChI is InChI=1S/C23H25N3O3/c1-29-18-9-6-17(7-10-18)8-11-22(27)25-12-14-26(15-13-25)23(28)20-16-24-21-5-3-2-4-19(20)21/h2-7,9-10,16,24H,8,11-15H2,1H3. The number of carbonyl (C=O) groups excluding carboxylic acids is 2. The Labute approximate surface area is 170 Å². The fraction of sp³-hybridized carbons (Fsp3) is 0.304. The van der Waals surface area contributed by atoms with Crippen LogP contribution in [0.5, 0.6) is 5.75 Å². The van der Waals surface area contributed by atoms with Gasteiger partial charge in [0.1, 0.15) is 5.75 Å². The van der Waals surface area contributed by atoms with Gasteiger partial charge in [0.05, 0.1) is 12.7 Å². The molecule has 1 aliphatic heterocycles. The Hall–Kier alpha value is -3.28. The Bertz CT molecular complexity index is 1000. The Morgan fingerprint density at radius 3 is 2.38 bits per heavy atom. The van der Waals surface area contributed by atoms with Crippen molar-refractivity contribution in [2.75, 3.05) is 33.3 Å². The van der Waals surface area contributed by atoms with Gasteiger partial charge < -0.3 is 19.5 Å². The molecule has 4 rings (SSSR count). The molecule has 1 aliphatic rings. The van der Waals surface area contributed by atoms with E-state index in [4.69, 9.17) is 4.74 Å². The maximum Gasteiger partial charge on any atom is 0.256 e. The molecule has 2 amide bonds. The van der Waals surface area contributed by atoms with E-state index in [9.17, 15) is 9.59 Å². The first-order valence-corrected chi connectivity index (χ1v) is 9.92. The highest BCUT2D eigenvalue weighted by atomic mass is 16.5. The summed E-state index contributed by atoms with van der Waals surface area (Å²) in [5.74, 6) is 0.976. The van der Waals surface area contributed by atoms with Crippen molar-refractivity contribution in [1.82, 2.24) is 14.8 Å². The first-order valence-electron chi connectivity index (χ1n) is 9.92. The average molecular weight is 391 g/mol. The number of aromatic amines is 1. The Balaban J connectivity index is 1.30. The molecule has 1 fully saturated rings. The first kappa shape index (κ1) is 19.1. The third-order valence-electron chi connectivity index (χ3n) is 5.53. The topological polar surface area (TPSA) is 65.6 Å². The minimum absolute atomic E-state index is 0.0211. The summed E-state index contributed by atoms with van der Waals surface area (Å²) in [6.07, 6.45) is 2.96. The third-order valence-corrected chi connectivity index (χ3v) is 5.53. The number of aryl methyl sites for hydroxylation is 1. The summed E-state index contributed by atoms with van der Waals surface area (Å²) in [6.45, 7) is 2.28.